The predicted molar refractivity (Wildman–Crippen MR) is 145 cm³/mol. The van der Waals surface area contributed by atoms with Crippen LogP contribution in [0.25, 0.3) is 0 Å². The lowest BCUT2D eigenvalue weighted by molar-refractivity contribution is 0.184. The van der Waals surface area contributed by atoms with Gasteiger partial charge in [-0.1, -0.05) is 68.8 Å². The van der Waals surface area contributed by atoms with Crippen molar-refractivity contribution in [3.8, 4) is 6.07 Å². The Morgan fingerprint density at radius 2 is 1.82 bits per heavy atom. The van der Waals surface area contributed by atoms with Crippen molar-refractivity contribution in [1.29, 1.82) is 5.26 Å². The molecule has 4 rings (SSSR count). The number of aryl methyl sites for hydroxylation is 1. The van der Waals surface area contributed by atoms with E-state index < -0.39 is 40.9 Å². The molecule has 1 unspecified atom stereocenters. The molecule has 4 nitrogen and oxygen atoms in total. The summed E-state index contributed by atoms with van der Waals surface area (Å²) < 4.78 is 44.8. The van der Waals surface area contributed by atoms with Crippen molar-refractivity contribution in [2.75, 3.05) is 6.54 Å². The Balaban J connectivity index is 1.89. The number of nitrogens with zero attached hydrogens (tertiary/aromatic N) is 2. The number of likely N-dealkylation sites (tertiary alicyclic amines) is 1. The van der Waals surface area contributed by atoms with Crippen molar-refractivity contribution >= 4 is 17.6 Å². The van der Waals surface area contributed by atoms with Gasteiger partial charge in [0.1, 0.15) is 22.9 Å². The number of amides is 2. The summed E-state index contributed by atoms with van der Waals surface area (Å²) in [5, 5.41) is 13.6. The Labute approximate surface area is 232 Å². The lowest BCUT2D eigenvalue weighted by Crippen LogP contribution is -2.44. The van der Waals surface area contributed by atoms with Crippen molar-refractivity contribution in [3.05, 3.63) is 105 Å². The van der Waals surface area contributed by atoms with Gasteiger partial charge >= 0.3 is 6.03 Å². The smallest absolute Gasteiger partial charge is 0.318 e. The molecule has 3 aromatic carbocycles. The monoisotopic (exact) mass is 553 g/mol. The van der Waals surface area contributed by atoms with Crippen LogP contribution in [0.4, 0.5) is 18.0 Å². The van der Waals surface area contributed by atoms with Crippen molar-refractivity contribution in [3.63, 3.8) is 0 Å². The molecule has 0 aliphatic carbocycles. The molecule has 0 bridgehead atoms. The fourth-order valence-electron chi connectivity index (χ4n) is 5.68. The van der Waals surface area contributed by atoms with Crippen molar-refractivity contribution < 1.29 is 18.0 Å². The summed E-state index contributed by atoms with van der Waals surface area (Å²) in [6.07, 6.45) is 0.467. The van der Waals surface area contributed by atoms with Crippen molar-refractivity contribution in [2.45, 2.75) is 52.1 Å². The van der Waals surface area contributed by atoms with E-state index in [2.05, 4.69) is 11.4 Å². The van der Waals surface area contributed by atoms with Gasteiger partial charge in [0, 0.05) is 30.1 Å². The van der Waals surface area contributed by atoms with E-state index >= 15 is 8.78 Å². The van der Waals surface area contributed by atoms with E-state index in [9.17, 15) is 14.4 Å². The summed E-state index contributed by atoms with van der Waals surface area (Å²) in [7, 11) is 0. The number of urea groups is 1. The van der Waals surface area contributed by atoms with Gasteiger partial charge in [0.25, 0.3) is 0 Å². The van der Waals surface area contributed by atoms with Gasteiger partial charge in [0.2, 0.25) is 0 Å². The number of rotatable bonds is 5. The molecule has 3 atom stereocenters. The maximum atomic E-state index is 15.7. The first-order chi connectivity index (χ1) is 18.4. The largest absolute Gasteiger partial charge is 0.334 e. The number of carbonyl (C=O) groups excluding carboxylic acids is 1. The first-order valence-corrected chi connectivity index (χ1v) is 13.2. The molecule has 1 aliphatic heterocycles. The summed E-state index contributed by atoms with van der Waals surface area (Å²) in [6.45, 7) is 7.94. The molecule has 3 aromatic rings. The summed E-state index contributed by atoms with van der Waals surface area (Å²) in [5.41, 5.74) is -0.401. The van der Waals surface area contributed by atoms with Crippen molar-refractivity contribution in [2.24, 2.45) is 11.3 Å². The Morgan fingerprint density at radius 3 is 2.44 bits per heavy atom. The van der Waals surface area contributed by atoms with Crippen molar-refractivity contribution in [1.82, 2.24) is 10.2 Å². The molecule has 1 fully saturated rings. The number of halogens is 4. The summed E-state index contributed by atoms with van der Waals surface area (Å²) in [4.78, 5) is 15.1. The number of hydrogen-bond acceptors (Lipinski definition) is 2. The van der Waals surface area contributed by atoms with Gasteiger partial charge < -0.3 is 10.2 Å². The van der Waals surface area contributed by atoms with Crippen LogP contribution in [0.3, 0.4) is 0 Å². The summed E-state index contributed by atoms with van der Waals surface area (Å²) in [5.74, 6) is -2.27. The molecule has 1 saturated heterocycles. The minimum absolute atomic E-state index is 0.0392. The molecule has 0 radical (unpaired) electrons. The molecule has 0 saturated carbocycles. The minimum atomic E-state index is -1.61. The third kappa shape index (κ3) is 5.62. The zero-order valence-corrected chi connectivity index (χ0v) is 23.1. The lowest BCUT2D eigenvalue weighted by Gasteiger charge is -2.38. The number of hydrogen-bond donors (Lipinski definition) is 1. The topological polar surface area (TPSA) is 56.1 Å². The molecule has 1 heterocycles. The molecule has 0 aromatic heterocycles. The highest BCUT2D eigenvalue weighted by molar-refractivity contribution is 6.30. The van der Waals surface area contributed by atoms with Gasteiger partial charge in [-0.15, -0.1) is 0 Å². The molecule has 2 amide bonds. The average molecular weight is 554 g/mol. The summed E-state index contributed by atoms with van der Waals surface area (Å²) in [6, 6.07) is 15.4. The van der Waals surface area contributed by atoms with Gasteiger partial charge in [0.15, 0.2) is 0 Å². The van der Waals surface area contributed by atoms with Crippen LogP contribution in [0, 0.1) is 47.0 Å². The van der Waals surface area contributed by atoms with Gasteiger partial charge in [-0.25, -0.2) is 18.0 Å². The Bertz CT molecular complexity index is 1410. The van der Waals surface area contributed by atoms with E-state index in [0.717, 1.165) is 0 Å². The second-order valence-corrected chi connectivity index (χ2v) is 11.8. The SMILES string of the molecule is Cc1ccc(C2(C#N)[C@H](CC(C)(C)C)CN(C(=O)NCc3ccc(F)cc3)[C@@H]2c2cccc(Cl)c2F)c(F)c1. The first kappa shape index (κ1) is 28.5. The third-order valence-electron chi connectivity index (χ3n) is 7.31. The van der Waals surface area contributed by atoms with Crippen LogP contribution in [0.5, 0.6) is 0 Å². The quantitative estimate of drug-likeness (QED) is 0.350. The van der Waals surface area contributed by atoms with Gasteiger partial charge in [-0.2, -0.15) is 5.26 Å². The van der Waals surface area contributed by atoms with E-state index in [4.69, 9.17) is 11.6 Å². The molecule has 0 spiro atoms. The molecule has 8 heteroatoms. The second-order valence-electron chi connectivity index (χ2n) is 11.4. The average Bonchev–Trinajstić information content (AvgIpc) is 3.18. The standard InChI is InChI=1S/C31H31ClF3N3O/c1-19-8-13-24(26(34)14-19)31(18-36)21(15-30(2,3)4)17-38(28(31)23-6-5-7-25(32)27(23)35)29(39)37-16-20-9-11-22(33)12-10-20/h5-14,21,28H,15-17H2,1-4H3,(H,37,39)/t21-,28-,31?/m1/s1. The Morgan fingerprint density at radius 1 is 1.13 bits per heavy atom. The number of benzene rings is 3. The number of nitrogens with one attached hydrogen (secondary N) is 1. The highest BCUT2D eigenvalue weighted by atomic mass is 35.5. The number of carbonyl (C=O) groups is 1. The third-order valence-corrected chi connectivity index (χ3v) is 7.60. The predicted octanol–water partition coefficient (Wildman–Crippen LogP) is 7.85. The fourth-order valence-corrected chi connectivity index (χ4v) is 5.86. The van der Waals surface area contributed by atoms with E-state index in [1.165, 1.54) is 35.2 Å². The highest BCUT2D eigenvalue weighted by Gasteiger charge is 2.60. The van der Waals surface area contributed by atoms with Crippen LogP contribution in [-0.2, 0) is 12.0 Å². The molecular weight excluding hydrogens is 523 g/mol. The van der Waals surface area contributed by atoms with E-state index in [1.54, 1.807) is 37.3 Å². The highest BCUT2D eigenvalue weighted by Crippen LogP contribution is 2.56. The fraction of sp³-hybridized carbons (Fsp3) is 0.355. The molecule has 39 heavy (non-hydrogen) atoms. The van der Waals surface area contributed by atoms with E-state index in [-0.39, 0.29) is 34.7 Å². The zero-order chi connectivity index (χ0) is 28.5. The summed E-state index contributed by atoms with van der Waals surface area (Å²) >= 11 is 6.17. The van der Waals surface area contributed by atoms with Crippen LogP contribution in [-0.4, -0.2) is 17.5 Å². The van der Waals surface area contributed by atoms with E-state index in [1.807, 2.05) is 20.8 Å². The molecule has 204 valence electrons. The maximum Gasteiger partial charge on any atom is 0.318 e. The van der Waals surface area contributed by atoms with Crippen LogP contribution < -0.4 is 5.32 Å². The Kier molecular flexibility index (Phi) is 7.99. The van der Waals surface area contributed by atoms with Crippen LogP contribution >= 0.6 is 11.6 Å². The van der Waals surface area contributed by atoms with Crippen LogP contribution in [0.15, 0.2) is 60.7 Å². The molecule has 1 aliphatic rings. The van der Waals surface area contributed by atoms with E-state index in [0.29, 0.717) is 17.5 Å². The van der Waals surface area contributed by atoms with Crippen LogP contribution in [0.2, 0.25) is 5.02 Å². The molecule has 1 N–H and O–H groups in total. The normalized spacial score (nSPS) is 21.1. The lowest BCUT2D eigenvalue weighted by atomic mass is 9.63. The van der Waals surface area contributed by atoms with Crippen LogP contribution in [0.1, 0.15) is 55.5 Å². The maximum absolute atomic E-state index is 15.7. The van der Waals surface area contributed by atoms with Gasteiger partial charge in [0.05, 0.1) is 17.1 Å². The van der Waals surface area contributed by atoms with Gasteiger partial charge in [-0.3, -0.25) is 0 Å². The first-order valence-electron chi connectivity index (χ1n) is 12.8. The second kappa shape index (κ2) is 10.9. The Hall–Kier alpha value is -3.50. The number of nitriles is 1. The molecular formula is C31H31ClF3N3O. The minimum Gasteiger partial charge on any atom is -0.334 e. The zero-order valence-electron chi connectivity index (χ0n) is 22.4. The van der Waals surface area contributed by atoms with Gasteiger partial charge in [-0.05, 0) is 54.2 Å².